The zero-order valence-electron chi connectivity index (χ0n) is 13.6. The highest BCUT2D eigenvalue weighted by Crippen LogP contribution is 2.16. The van der Waals surface area contributed by atoms with Gasteiger partial charge in [0, 0.05) is 31.9 Å². The molecule has 1 saturated heterocycles. The summed E-state index contributed by atoms with van der Waals surface area (Å²) in [6.07, 6.45) is 1.28. The molecule has 2 heterocycles. The van der Waals surface area contributed by atoms with Crippen molar-refractivity contribution in [1.29, 1.82) is 0 Å². The van der Waals surface area contributed by atoms with E-state index in [0.29, 0.717) is 25.3 Å². The first-order chi connectivity index (χ1) is 10.3. The summed E-state index contributed by atoms with van der Waals surface area (Å²) in [6, 6.07) is 5.20. The zero-order chi connectivity index (χ0) is 16.3. The Morgan fingerprint density at radius 2 is 2.00 bits per heavy atom. The maximum absolute atomic E-state index is 12.4. The number of hydrogen-bond donors (Lipinski definition) is 0. The second kappa shape index (κ2) is 6.34. The number of carbonyl (C=O) groups excluding carboxylic acids is 2. The Morgan fingerprint density at radius 3 is 2.55 bits per heavy atom. The molecule has 1 aromatic rings. The van der Waals surface area contributed by atoms with Crippen molar-refractivity contribution in [3.05, 3.63) is 30.1 Å². The summed E-state index contributed by atoms with van der Waals surface area (Å²) < 4.78 is 5.38. The molecule has 0 aromatic carbocycles. The Labute approximate surface area is 131 Å². The first-order valence-corrected chi connectivity index (χ1v) is 7.48. The molecular weight excluding hydrogens is 282 g/mol. The lowest BCUT2D eigenvalue weighted by molar-refractivity contribution is 0.00606. The van der Waals surface area contributed by atoms with Crippen LogP contribution < -0.4 is 0 Å². The molecule has 6 heteroatoms. The molecule has 2 rings (SSSR count). The van der Waals surface area contributed by atoms with Gasteiger partial charge in [-0.25, -0.2) is 4.79 Å². The normalized spacial score (nSPS) is 19.0. The van der Waals surface area contributed by atoms with E-state index in [1.807, 2.05) is 27.7 Å². The van der Waals surface area contributed by atoms with Gasteiger partial charge in [0.25, 0.3) is 5.91 Å². The molecule has 1 aliphatic rings. The average molecular weight is 305 g/mol. The molecule has 1 fully saturated rings. The molecule has 0 spiro atoms. The van der Waals surface area contributed by atoms with E-state index >= 15 is 0 Å². The predicted molar refractivity (Wildman–Crippen MR) is 82.5 cm³/mol. The maximum Gasteiger partial charge on any atom is 0.410 e. The summed E-state index contributed by atoms with van der Waals surface area (Å²) in [4.78, 5) is 32.0. The third-order valence-electron chi connectivity index (χ3n) is 3.42. The number of rotatable bonds is 1. The van der Waals surface area contributed by atoms with E-state index in [0.717, 1.165) is 0 Å². The van der Waals surface area contributed by atoms with Crippen LogP contribution in [0.25, 0.3) is 0 Å². The van der Waals surface area contributed by atoms with Crippen LogP contribution in [-0.4, -0.2) is 58.1 Å². The summed E-state index contributed by atoms with van der Waals surface area (Å²) in [5.74, 6) is -0.100. The minimum Gasteiger partial charge on any atom is -0.444 e. The first-order valence-electron chi connectivity index (χ1n) is 7.48. The quantitative estimate of drug-likeness (QED) is 0.797. The number of aromatic nitrogens is 1. The van der Waals surface area contributed by atoms with Gasteiger partial charge in [0.05, 0.1) is 0 Å². The summed E-state index contributed by atoms with van der Waals surface area (Å²) in [6.45, 7) is 8.87. The predicted octanol–water partition coefficient (Wildman–Crippen LogP) is 2.16. The van der Waals surface area contributed by atoms with Crippen molar-refractivity contribution in [1.82, 2.24) is 14.8 Å². The molecular formula is C16H23N3O3. The lowest BCUT2D eigenvalue weighted by atomic mass is 10.1. The minimum atomic E-state index is -0.513. The van der Waals surface area contributed by atoms with E-state index in [9.17, 15) is 9.59 Å². The van der Waals surface area contributed by atoms with Crippen LogP contribution in [0, 0.1) is 0 Å². The molecule has 0 radical (unpaired) electrons. The monoisotopic (exact) mass is 305 g/mol. The van der Waals surface area contributed by atoms with Gasteiger partial charge in [-0.05, 0) is 39.8 Å². The highest BCUT2D eigenvalue weighted by Gasteiger charge is 2.32. The van der Waals surface area contributed by atoms with Gasteiger partial charge >= 0.3 is 6.09 Å². The van der Waals surface area contributed by atoms with Crippen molar-refractivity contribution in [2.24, 2.45) is 0 Å². The Kier molecular flexibility index (Phi) is 4.68. The Hall–Kier alpha value is -2.11. The molecule has 22 heavy (non-hydrogen) atoms. The topological polar surface area (TPSA) is 62.7 Å². The molecule has 1 aliphatic heterocycles. The molecule has 120 valence electrons. The molecule has 2 amide bonds. The van der Waals surface area contributed by atoms with Crippen LogP contribution in [-0.2, 0) is 4.74 Å². The van der Waals surface area contributed by atoms with E-state index in [-0.39, 0.29) is 18.0 Å². The number of amides is 2. The van der Waals surface area contributed by atoms with E-state index in [1.54, 1.807) is 34.2 Å². The third-order valence-corrected chi connectivity index (χ3v) is 3.42. The first kappa shape index (κ1) is 16.3. The van der Waals surface area contributed by atoms with Crippen molar-refractivity contribution < 1.29 is 14.3 Å². The number of carbonyl (C=O) groups is 2. The fourth-order valence-electron chi connectivity index (χ4n) is 2.39. The van der Waals surface area contributed by atoms with Crippen molar-refractivity contribution in [2.75, 3.05) is 19.6 Å². The minimum absolute atomic E-state index is 0.0734. The van der Waals surface area contributed by atoms with Crippen molar-refractivity contribution in [3.8, 4) is 0 Å². The fourth-order valence-corrected chi connectivity index (χ4v) is 2.39. The standard InChI is InChI=1S/C16H23N3O3/c1-12-11-18(15(21)22-16(2,3)4)9-10-19(12)14(20)13-7-5-6-8-17-13/h5-8,12H,9-11H2,1-4H3/t12-/m0/s1. The van der Waals surface area contributed by atoms with Crippen LogP contribution >= 0.6 is 0 Å². The Balaban J connectivity index is 1.98. The van der Waals surface area contributed by atoms with Crippen LogP contribution in [0.2, 0.25) is 0 Å². The average Bonchev–Trinajstić information content (AvgIpc) is 2.45. The van der Waals surface area contributed by atoms with Crippen LogP contribution in [0.3, 0.4) is 0 Å². The Bertz CT molecular complexity index is 539. The van der Waals surface area contributed by atoms with E-state index in [1.165, 1.54) is 0 Å². The number of pyridine rings is 1. The second-order valence-corrected chi connectivity index (χ2v) is 6.49. The van der Waals surface area contributed by atoms with Crippen LogP contribution in [0.15, 0.2) is 24.4 Å². The van der Waals surface area contributed by atoms with E-state index in [4.69, 9.17) is 4.74 Å². The molecule has 0 bridgehead atoms. The Morgan fingerprint density at radius 1 is 1.27 bits per heavy atom. The van der Waals surface area contributed by atoms with Gasteiger partial charge in [0.2, 0.25) is 0 Å². The summed E-state index contributed by atoms with van der Waals surface area (Å²) >= 11 is 0. The molecule has 1 aromatic heterocycles. The van der Waals surface area contributed by atoms with Crippen molar-refractivity contribution in [2.45, 2.75) is 39.3 Å². The number of ether oxygens (including phenoxy) is 1. The zero-order valence-corrected chi connectivity index (χ0v) is 13.6. The van der Waals surface area contributed by atoms with Crippen molar-refractivity contribution in [3.63, 3.8) is 0 Å². The van der Waals surface area contributed by atoms with Crippen LogP contribution in [0.5, 0.6) is 0 Å². The number of hydrogen-bond acceptors (Lipinski definition) is 4. The largest absolute Gasteiger partial charge is 0.444 e. The van der Waals surface area contributed by atoms with Gasteiger partial charge in [-0.3, -0.25) is 9.78 Å². The maximum atomic E-state index is 12.4. The van der Waals surface area contributed by atoms with Gasteiger partial charge < -0.3 is 14.5 Å². The molecule has 6 nitrogen and oxygen atoms in total. The highest BCUT2D eigenvalue weighted by molar-refractivity contribution is 5.92. The van der Waals surface area contributed by atoms with Gasteiger partial charge in [-0.2, -0.15) is 0 Å². The van der Waals surface area contributed by atoms with E-state index < -0.39 is 5.60 Å². The third kappa shape index (κ3) is 3.96. The molecule has 0 saturated carbocycles. The van der Waals surface area contributed by atoms with Crippen LogP contribution in [0.1, 0.15) is 38.2 Å². The van der Waals surface area contributed by atoms with Gasteiger partial charge in [-0.15, -0.1) is 0 Å². The lowest BCUT2D eigenvalue weighted by Crippen LogP contribution is -2.56. The molecule has 1 atom stereocenters. The molecule has 0 N–H and O–H groups in total. The number of piperazine rings is 1. The fraction of sp³-hybridized carbons (Fsp3) is 0.562. The number of nitrogens with zero attached hydrogens (tertiary/aromatic N) is 3. The van der Waals surface area contributed by atoms with Crippen LogP contribution in [0.4, 0.5) is 4.79 Å². The highest BCUT2D eigenvalue weighted by atomic mass is 16.6. The summed E-state index contributed by atoms with van der Waals surface area (Å²) in [5, 5.41) is 0. The van der Waals surface area contributed by atoms with Gasteiger partial charge in [0.1, 0.15) is 11.3 Å². The lowest BCUT2D eigenvalue weighted by Gasteiger charge is -2.40. The van der Waals surface area contributed by atoms with Crippen molar-refractivity contribution >= 4 is 12.0 Å². The SMILES string of the molecule is C[C@H]1CN(C(=O)OC(C)(C)C)CCN1C(=O)c1ccccn1. The summed E-state index contributed by atoms with van der Waals surface area (Å²) in [5.41, 5.74) is -0.0820. The second-order valence-electron chi connectivity index (χ2n) is 6.49. The molecule has 0 aliphatic carbocycles. The van der Waals surface area contributed by atoms with Gasteiger partial charge in [0.15, 0.2) is 0 Å². The molecule has 0 unspecified atom stereocenters. The smallest absolute Gasteiger partial charge is 0.410 e. The van der Waals surface area contributed by atoms with E-state index in [2.05, 4.69) is 4.98 Å². The van der Waals surface area contributed by atoms with Gasteiger partial charge in [-0.1, -0.05) is 6.07 Å². The summed E-state index contributed by atoms with van der Waals surface area (Å²) in [7, 11) is 0.